The van der Waals surface area contributed by atoms with Gasteiger partial charge in [0, 0.05) is 31.7 Å². The van der Waals surface area contributed by atoms with Crippen LogP contribution in [0.5, 0.6) is 0 Å². The lowest BCUT2D eigenvalue weighted by Crippen LogP contribution is -2.34. The quantitative estimate of drug-likeness (QED) is 0.461. The topological polar surface area (TPSA) is 58.3 Å². The Balaban J connectivity index is 3.28. The maximum Gasteiger partial charge on any atom is 0.0494 e. The molecule has 0 aromatic carbocycles. The van der Waals surface area contributed by atoms with Gasteiger partial charge in [-0.05, 0) is 0 Å². The predicted molar refractivity (Wildman–Crippen MR) is 42.8 cm³/mol. The molecule has 0 rings (SSSR count). The van der Waals surface area contributed by atoms with E-state index in [9.17, 15) is 0 Å². The Hall–Kier alpha value is -0.120. The zero-order chi connectivity index (χ0) is 8.04. The van der Waals surface area contributed by atoms with Crippen LogP contribution in [0.3, 0.4) is 0 Å². The molecule has 0 saturated heterocycles. The standard InChI is InChI=1S/C7H18N2O/c1-7(2,6-10)5-9-4-3-8/h9-10H,3-6,8H2,1-2H3. The van der Waals surface area contributed by atoms with Crippen molar-refractivity contribution in [1.82, 2.24) is 5.32 Å². The Bertz CT molecular complexity index is 83.7. The van der Waals surface area contributed by atoms with Gasteiger partial charge in [-0.1, -0.05) is 13.8 Å². The van der Waals surface area contributed by atoms with Gasteiger partial charge < -0.3 is 16.2 Å². The van der Waals surface area contributed by atoms with Gasteiger partial charge in [0.1, 0.15) is 0 Å². The van der Waals surface area contributed by atoms with E-state index < -0.39 is 0 Å². The van der Waals surface area contributed by atoms with Gasteiger partial charge in [-0.15, -0.1) is 0 Å². The van der Waals surface area contributed by atoms with Gasteiger partial charge in [-0.3, -0.25) is 0 Å². The van der Waals surface area contributed by atoms with Gasteiger partial charge in [-0.2, -0.15) is 0 Å². The van der Waals surface area contributed by atoms with Crippen molar-refractivity contribution in [2.24, 2.45) is 11.1 Å². The molecule has 62 valence electrons. The molecule has 0 aliphatic rings. The van der Waals surface area contributed by atoms with Gasteiger partial charge >= 0.3 is 0 Å². The molecule has 10 heavy (non-hydrogen) atoms. The molecule has 4 N–H and O–H groups in total. The molecule has 0 amide bonds. The minimum Gasteiger partial charge on any atom is -0.396 e. The molecule has 0 aliphatic carbocycles. The van der Waals surface area contributed by atoms with Gasteiger partial charge in [-0.25, -0.2) is 0 Å². The van der Waals surface area contributed by atoms with Crippen LogP contribution in [-0.2, 0) is 0 Å². The summed E-state index contributed by atoms with van der Waals surface area (Å²) in [6.45, 7) is 6.53. The number of nitrogens with two attached hydrogens (primary N) is 1. The van der Waals surface area contributed by atoms with Gasteiger partial charge in [0.25, 0.3) is 0 Å². The SMILES string of the molecule is CC(C)(CO)CNCCN. The number of aliphatic hydroxyl groups excluding tert-OH is 1. The summed E-state index contributed by atoms with van der Waals surface area (Å²) in [7, 11) is 0. The molecule has 3 nitrogen and oxygen atoms in total. The van der Waals surface area contributed by atoms with E-state index >= 15 is 0 Å². The van der Waals surface area contributed by atoms with E-state index in [0.29, 0.717) is 6.54 Å². The zero-order valence-electron chi connectivity index (χ0n) is 6.85. The summed E-state index contributed by atoms with van der Waals surface area (Å²) in [5.74, 6) is 0. The molecular weight excluding hydrogens is 128 g/mol. The summed E-state index contributed by atoms with van der Waals surface area (Å²) in [5.41, 5.74) is 5.26. The molecule has 0 atom stereocenters. The second-order valence-corrected chi connectivity index (χ2v) is 3.29. The lowest BCUT2D eigenvalue weighted by Gasteiger charge is -2.21. The average molecular weight is 146 g/mol. The van der Waals surface area contributed by atoms with Crippen molar-refractivity contribution in [2.75, 3.05) is 26.2 Å². The number of aliphatic hydroxyl groups is 1. The number of nitrogens with one attached hydrogen (secondary N) is 1. The maximum absolute atomic E-state index is 8.82. The second kappa shape index (κ2) is 4.66. The second-order valence-electron chi connectivity index (χ2n) is 3.29. The van der Waals surface area contributed by atoms with Crippen LogP contribution in [0.2, 0.25) is 0 Å². The van der Waals surface area contributed by atoms with Crippen molar-refractivity contribution in [2.45, 2.75) is 13.8 Å². The van der Waals surface area contributed by atoms with Crippen LogP contribution in [0.25, 0.3) is 0 Å². The normalized spacial score (nSPS) is 12.0. The molecule has 0 heterocycles. The molecule has 0 bridgehead atoms. The van der Waals surface area contributed by atoms with E-state index in [0.717, 1.165) is 13.1 Å². The van der Waals surface area contributed by atoms with Crippen molar-refractivity contribution in [1.29, 1.82) is 0 Å². The first kappa shape index (κ1) is 9.88. The highest BCUT2D eigenvalue weighted by atomic mass is 16.3. The summed E-state index contributed by atoms with van der Waals surface area (Å²) in [4.78, 5) is 0. The molecule has 0 aromatic rings. The summed E-state index contributed by atoms with van der Waals surface area (Å²) < 4.78 is 0. The van der Waals surface area contributed by atoms with E-state index in [1.54, 1.807) is 0 Å². The Morgan fingerprint density at radius 3 is 2.50 bits per heavy atom. The monoisotopic (exact) mass is 146 g/mol. The highest BCUT2D eigenvalue weighted by molar-refractivity contribution is 4.69. The van der Waals surface area contributed by atoms with Crippen LogP contribution in [0.15, 0.2) is 0 Å². The highest BCUT2D eigenvalue weighted by Crippen LogP contribution is 2.10. The van der Waals surface area contributed by atoms with E-state index in [-0.39, 0.29) is 12.0 Å². The smallest absolute Gasteiger partial charge is 0.0494 e. The van der Waals surface area contributed by atoms with Crippen molar-refractivity contribution < 1.29 is 5.11 Å². The average Bonchev–Trinajstić information content (AvgIpc) is 1.89. The first-order valence-corrected chi connectivity index (χ1v) is 3.64. The third-order valence-electron chi connectivity index (χ3n) is 1.35. The van der Waals surface area contributed by atoms with Crippen LogP contribution in [0.4, 0.5) is 0 Å². The summed E-state index contributed by atoms with van der Waals surface area (Å²) in [6.07, 6.45) is 0. The van der Waals surface area contributed by atoms with E-state index in [4.69, 9.17) is 10.8 Å². The van der Waals surface area contributed by atoms with E-state index in [1.165, 1.54) is 0 Å². The number of rotatable bonds is 5. The zero-order valence-corrected chi connectivity index (χ0v) is 6.85. The molecule has 0 aromatic heterocycles. The van der Waals surface area contributed by atoms with Crippen LogP contribution >= 0.6 is 0 Å². The van der Waals surface area contributed by atoms with Crippen molar-refractivity contribution in [3.63, 3.8) is 0 Å². The Kier molecular flexibility index (Phi) is 4.60. The molecule has 0 spiro atoms. The molecule has 3 heteroatoms. The summed E-state index contributed by atoms with van der Waals surface area (Å²) in [6, 6.07) is 0. The third kappa shape index (κ3) is 4.73. The van der Waals surface area contributed by atoms with Crippen LogP contribution < -0.4 is 11.1 Å². The molecule has 0 saturated carbocycles. The summed E-state index contributed by atoms with van der Waals surface area (Å²) in [5, 5.41) is 12.0. The predicted octanol–water partition coefficient (Wildman–Crippen LogP) is -0.447. The molecule has 0 radical (unpaired) electrons. The highest BCUT2D eigenvalue weighted by Gasteiger charge is 2.14. The molecule has 0 aliphatic heterocycles. The molecule has 0 fully saturated rings. The van der Waals surface area contributed by atoms with Crippen LogP contribution in [0, 0.1) is 5.41 Å². The first-order chi connectivity index (χ1) is 4.62. The number of hydrogen-bond donors (Lipinski definition) is 3. The first-order valence-electron chi connectivity index (χ1n) is 3.64. The Morgan fingerprint density at radius 1 is 1.50 bits per heavy atom. The van der Waals surface area contributed by atoms with Crippen molar-refractivity contribution >= 4 is 0 Å². The molecule has 0 unspecified atom stereocenters. The number of hydrogen-bond acceptors (Lipinski definition) is 3. The fraction of sp³-hybridized carbons (Fsp3) is 1.00. The minimum absolute atomic E-state index is 0.0187. The summed E-state index contributed by atoms with van der Waals surface area (Å²) >= 11 is 0. The van der Waals surface area contributed by atoms with Gasteiger partial charge in [0.2, 0.25) is 0 Å². The van der Waals surface area contributed by atoms with E-state index in [1.807, 2.05) is 13.8 Å². The maximum atomic E-state index is 8.82. The fourth-order valence-electron chi connectivity index (χ4n) is 0.585. The Labute approximate surface area is 62.6 Å². The van der Waals surface area contributed by atoms with Crippen molar-refractivity contribution in [3.8, 4) is 0 Å². The fourth-order valence-corrected chi connectivity index (χ4v) is 0.585. The molecular formula is C7H18N2O. The largest absolute Gasteiger partial charge is 0.396 e. The van der Waals surface area contributed by atoms with Crippen molar-refractivity contribution in [3.05, 3.63) is 0 Å². The lowest BCUT2D eigenvalue weighted by atomic mass is 9.95. The van der Waals surface area contributed by atoms with Crippen LogP contribution in [-0.4, -0.2) is 31.3 Å². The van der Waals surface area contributed by atoms with Gasteiger partial charge in [0.05, 0.1) is 0 Å². The van der Waals surface area contributed by atoms with Crippen LogP contribution in [0.1, 0.15) is 13.8 Å². The Morgan fingerprint density at radius 2 is 2.10 bits per heavy atom. The van der Waals surface area contributed by atoms with Gasteiger partial charge in [0.15, 0.2) is 0 Å². The lowest BCUT2D eigenvalue weighted by molar-refractivity contribution is 0.157. The third-order valence-corrected chi connectivity index (χ3v) is 1.35. The van der Waals surface area contributed by atoms with E-state index in [2.05, 4.69) is 5.32 Å². The minimum atomic E-state index is -0.0187.